The monoisotopic (exact) mass is 256 g/mol. The molecule has 0 spiro atoms. The van der Waals surface area contributed by atoms with Crippen molar-refractivity contribution < 1.29 is 9.47 Å². The van der Waals surface area contributed by atoms with Gasteiger partial charge in [-0.15, -0.1) is 0 Å². The molecular formula is C7H13IO2. The van der Waals surface area contributed by atoms with Crippen molar-refractivity contribution in [2.24, 2.45) is 5.92 Å². The molecule has 0 unspecified atom stereocenters. The molecule has 1 fully saturated rings. The van der Waals surface area contributed by atoms with Crippen molar-refractivity contribution in [2.45, 2.75) is 19.6 Å². The lowest BCUT2D eigenvalue weighted by Gasteiger charge is -2.12. The number of hydrogen-bond donors (Lipinski definition) is 0. The first-order valence-electron chi connectivity index (χ1n) is 3.62. The molecule has 0 amide bonds. The van der Waals surface area contributed by atoms with Gasteiger partial charge in [-0.05, 0) is 5.92 Å². The van der Waals surface area contributed by atoms with E-state index in [1.54, 1.807) is 0 Å². The first kappa shape index (κ1) is 8.74. The van der Waals surface area contributed by atoms with Gasteiger partial charge in [0.1, 0.15) is 0 Å². The average Bonchev–Trinajstić information content (AvgIpc) is 2.40. The van der Waals surface area contributed by atoms with Gasteiger partial charge in [0.2, 0.25) is 0 Å². The molecule has 0 saturated carbocycles. The van der Waals surface area contributed by atoms with Crippen LogP contribution in [0.1, 0.15) is 13.3 Å². The molecule has 3 heteroatoms. The maximum Gasteiger partial charge on any atom is 0.158 e. The summed E-state index contributed by atoms with van der Waals surface area (Å²) in [6.07, 6.45) is 1.13. The summed E-state index contributed by atoms with van der Waals surface area (Å²) in [5, 5.41) is 0. The van der Waals surface area contributed by atoms with E-state index in [1.165, 1.54) is 4.43 Å². The largest absolute Gasteiger partial charge is 0.350 e. The van der Waals surface area contributed by atoms with Crippen LogP contribution in [0.25, 0.3) is 0 Å². The van der Waals surface area contributed by atoms with Gasteiger partial charge in [-0.25, -0.2) is 0 Å². The SMILES string of the molecule is C[C@@H](CI)CC1OCCO1. The molecule has 0 aromatic rings. The van der Waals surface area contributed by atoms with Crippen molar-refractivity contribution in [3.05, 3.63) is 0 Å². The Hall–Kier alpha value is 0.650. The number of halogens is 1. The van der Waals surface area contributed by atoms with Crippen LogP contribution in [0.2, 0.25) is 0 Å². The lowest BCUT2D eigenvalue weighted by molar-refractivity contribution is -0.0536. The van der Waals surface area contributed by atoms with Crippen LogP contribution < -0.4 is 0 Å². The second kappa shape index (κ2) is 4.51. The van der Waals surface area contributed by atoms with E-state index in [0.29, 0.717) is 5.92 Å². The molecule has 1 aliphatic heterocycles. The van der Waals surface area contributed by atoms with Gasteiger partial charge in [-0.3, -0.25) is 0 Å². The van der Waals surface area contributed by atoms with E-state index >= 15 is 0 Å². The third kappa shape index (κ3) is 2.72. The molecule has 0 aromatic carbocycles. The van der Waals surface area contributed by atoms with Gasteiger partial charge >= 0.3 is 0 Å². The second-order valence-electron chi connectivity index (χ2n) is 2.67. The van der Waals surface area contributed by atoms with Crippen molar-refractivity contribution in [2.75, 3.05) is 17.6 Å². The number of rotatable bonds is 3. The molecule has 0 N–H and O–H groups in total. The molecule has 1 heterocycles. The highest BCUT2D eigenvalue weighted by Crippen LogP contribution is 2.15. The first-order chi connectivity index (χ1) is 4.83. The maximum atomic E-state index is 5.30. The molecule has 1 rings (SSSR count). The van der Waals surface area contributed by atoms with E-state index in [0.717, 1.165) is 19.6 Å². The highest BCUT2D eigenvalue weighted by molar-refractivity contribution is 14.1. The second-order valence-corrected chi connectivity index (χ2v) is 3.55. The van der Waals surface area contributed by atoms with Crippen LogP contribution >= 0.6 is 22.6 Å². The molecule has 2 nitrogen and oxygen atoms in total. The van der Waals surface area contributed by atoms with E-state index < -0.39 is 0 Å². The standard InChI is InChI=1S/C7H13IO2/c1-6(5-8)4-7-9-2-3-10-7/h6-7H,2-5H2,1H3/t6-/m1/s1. The van der Waals surface area contributed by atoms with Crippen LogP contribution in [0, 0.1) is 5.92 Å². The van der Waals surface area contributed by atoms with Crippen LogP contribution in [0.15, 0.2) is 0 Å². The zero-order valence-corrected chi connectivity index (χ0v) is 8.34. The fourth-order valence-electron chi connectivity index (χ4n) is 0.935. The topological polar surface area (TPSA) is 18.5 Å². The highest BCUT2D eigenvalue weighted by atomic mass is 127. The minimum atomic E-state index is 0.0877. The molecule has 0 aliphatic carbocycles. The molecule has 60 valence electrons. The first-order valence-corrected chi connectivity index (χ1v) is 5.14. The lowest BCUT2D eigenvalue weighted by Crippen LogP contribution is -2.13. The summed E-state index contributed by atoms with van der Waals surface area (Å²) in [7, 11) is 0. The molecule has 0 radical (unpaired) electrons. The minimum absolute atomic E-state index is 0.0877. The zero-order chi connectivity index (χ0) is 7.40. The fraction of sp³-hybridized carbons (Fsp3) is 1.00. The Morgan fingerprint density at radius 2 is 2.10 bits per heavy atom. The Labute approximate surface area is 75.4 Å². The van der Waals surface area contributed by atoms with Gasteiger partial charge in [-0.1, -0.05) is 29.5 Å². The smallest absolute Gasteiger partial charge is 0.158 e. The van der Waals surface area contributed by atoms with Gasteiger partial charge in [-0.2, -0.15) is 0 Å². The van der Waals surface area contributed by atoms with E-state index in [1.807, 2.05) is 0 Å². The average molecular weight is 256 g/mol. The summed E-state index contributed by atoms with van der Waals surface area (Å²) in [6.45, 7) is 3.77. The summed E-state index contributed by atoms with van der Waals surface area (Å²) in [6, 6.07) is 0. The molecule has 1 aliphatic rings. The number of alkyl halides is 1. The number of ether oxygens (including phenoxy) is 2. The van der Waals surface area contributed by atoms with Crippen molar-refractivity contribution in [3.8, 4) is 0 Å². The predicted octanol–water partition coefficient (Wildman–Crippen LogP) is 1.82. The lowest BCUT2D eigenvalue weighted by atomic mass is 10.1. The summed E-state index contributed by atoms with van der Waals surface area (Å²) >= 11 is 2.39. The van der Waals surface area contributed by atoms with Crippen molar-refractivity contribution in [3.63, 3.8) is 0 Å². The Morgan fingerprint density at radius 3 is 2.60 bits per heavy atom. The summed E-state index contributed by atoms with van der Waals surface area (Å²) in [5.74, 6) is 0.712. The molecule has 1 saturated heterocycles. The summed E-state index contributed by atoms with van der Waals surface area (Å²) in [4.78, 5) is 0. The van der Waals surface area contributed by atoms with E-state index in [4.69, 9.17) is 9.47 Å². The molecule has 0 aromatic heterocycles. The van der Waals surface area contributed by atoms with Gasteiger partial charge in [0.05, 0.1) is 13.2 Å². The molecular weight excluding hydrogens is 243 g/mol. The van der Waals surface area contributed by atoms with Gasteiger partial charge in [0.25, 0.3) is 0 Å². The molecule has 1 atom stereocenters. The van der Waals surface area contributed by atoms with Crippen LogP contribution in [0.4, 0.5) is 0 Å². The Bertz CT molecular complexity index is 91.6. The highest BCUT2D eigenvalue weighted by Gasteiger charge is 2.17. The van der Waals surface area contributed by atoms with Crippen LogP contribution in [0.5, 0.6) is 0 Å². The van der Waals surface area contributed by atoms with Crippen molar-refractivity contribution in [1.29, 1.82) is 0 Å². The van der Waals surface area contributed by atoms with Crippen molar-refractivity contribution in [1.82, 2.24) is 0 Å². The van der Waals surface area contributed by atoms with Gasteiger partial charge in [0.15, 0.2) is 6.29 Å². The van der Waals surface area contributed by atoms with Crippen LogP contribution in [-0.4, -0.2) is 23.9 Å². The zero-order valence-electron chi connectivity index (χ0n) is 6.18. The Morgan fingerprint density at radius 1 is 1.50 bits per heavy atom. The molecule has 10 heavy (non-hydrogen) atoms. The number of hydrogen-bond acceptors (Lipinski definition) is 2. The summed E-state index contributed by atoms with van der Waals surface area (Å²) < 4.78 is 11.8. The quantitative estimate of drug-likeness (QED) is 0.566. The maximum absolute atomic E-state index is 5.30. The van der Waals surface area contributed by atoms with Crippen LogP contribution in [0.3, 0.4) is 0 Å². The van der Waals surface area contributed by atoms with Crippen molar-refractivity contribution >= 4 is 22.6 Å². The van der Waals surface area contributed by atoms with E-state index in [-0.39, 0.29) is 6.29 Å². The Balaban J connectivity index is 2.11. The summed E-state index contributed by atoms with van der Waals surface area (Å²) in [5.41, 5.74) is 0. The minimum Gasteiger partial charge on any atom is -0.350 e. The third-order valence-electron chi connectivity index (χ3n) is 1.55. The Kier molecular flexibility index (Phi) is 3.95. The van der Waals surface area contributed by atoms with Crippen LogP contribution in [-0.2, 0) is 9.47 Å². The van der Waals surface area contributed by atoms with E-state index in [2.05, 4.69) is 29.5 Å². The fourth-order valence-corrected chi connectivity index (χ4v) is 1.29. The molecule has 0 bridgehead atoms. The predicted molar refractivity (Wildman–Crippen MR) is 48.4 cm³/mol. The normalized spacial score (nSPS) is 23.4. The van der Waals surface area contributed by atoms with Gasteiger partial charge in [0, 0.05) is 10.8 Å². The van der Waals surface area contributed by atoms with E-state index in [9.17, 15) is 0 Å². The van der Waals surface area contributed by atoms with Gasteiger partial charge < -0.3 is 9.47 Å². The third-order valence-corrected chi connectivity index (χ3v) is 3.05.